The predicted octanol–water partition coefficient (Wildman–Crippen LogP) is 4.18. The number of aromatic nitrogens is 3. The van der Waals surface area contributed by atoms with E-state index in [1.54, 1.807) is 10.9 Å². The standard InChI is InChI=1S/C27H29ClN6O/c1-21-9-10-22(28)19-25(21)32-17-15-31(16-18-32)14-11-29-26(35)24-20-30-34(23-7-3-2-4-8-23)27(24)33-12-5-6-13-33/h2-10,12-13,19-20H,11,14-18H2,1H3,(H,29,35). The number of benzene rings is 2. The molecule has 1 saturated heterocycles. The lowest BCUT2D eigenvalue weighted by molar-refractivity contribution is 0.0947. The molecule has 8 heteroatoms. The molecule has 5 rings (SSSR count). The van der Waals surface area contributed by atoms with Crippen molar-refractivity contribution in [3.63, 3.8) is 0 Å². The number of amides is 1. The topological polar surface area (TPSA) is 58.3 Å². The third-order valence-electron chi connectivity index (χ3n) is 6.44. The van der Waals surface area contributed by atoms with Crippen LogP contribution in [0.4, 0.5) is 5.69 Å². The van der Waals surface area contributed by atoms with Crippen molar-refractivity contribution in [2.75, 3.05) is 44.2 Å². The molecular weight excluding hydrogens is 460 g/mol. The molecule has 1 aliphatic rings. The number of rotatable bonds is 7. The van der Waals surface area contributed by atoms with Crippen molar-refractivity contribution >= 4 is 23.2 Å². The summed E-state index contributed by atoms with van der Waals surface area (Å²) in [5.41, 5.74) is 3.90. The highest BCUT2D eigenvalue weighted by Crippen LogP contribution is 2.25. The summed E-state index contributed by atoms with van der Waals surface area (Å²) in [5, 5.41) is 8.39. The lowest BCUT2D eigenvalue weighted by Crippen LogP contribution is -2.48. The van der Waals surface area contributed by atoms with E-state index in [1.165, 1.54) is 11.3 Å². The van der Waals surface area contributed by atoms with Crippen LogP contribution in [-0.2, 0) is 0 Å². The number of hydrogen-bond acceptors (Lipinski definition) is 4. The summed E-state index contributed by atoms with van der Waals surface area (Å²) < 4.78 is 3.72. The molecule has 1 amide bonds. The molecule has 1 N–H and O–H groups in total. The Balaban J connectivity index is 1.20. The number of anilines is 1. The van der Waals surface area contributed by atoms with Crippen LogP contribution in [0.15, 0.2) is 79.3 Å². The van der Waals surface area contributed by atoms with Gasteiger partial charge in [0.05, 0.1) is 11.9 Å². The summed E-state index contributed by atoms with van der Waals surface area (Å²) >= 11 is 6.21. The number of halogens is 1. The van der Waals surface area contributed by atoms with Gasteiger partial charge in [-0.2, -0.15) is 5.10 Å². The van der Waals surface area contributed by atoms with Gasteiger partial charge in [-0.25, -0.2) is 4.68 Å². The maximum Gasteiger partial charge on any atom is 0.256 e. The van der Waals surface area contributed by atoms with Crippen molar-refractivity contribution in [1.82, 2.24) is 24.6 Å². The third-order valence-corrected chi connectivity index (χ3v) is 6.67. The lowest BCUT2D eigenvalue weighted by Gasteiger charge is -2.36. The molecule has 0 atom stereocenters. The van der Waals surface area contributed by atoms with Gasteiger partial charge >= 0.3 is 0 Å². The molecule has 7 nitrogen and oxygen atoms in total. The van der Waals surface area contributed by atoms with Crippen LogP contribution in [0.2, 0.25) is 5.02 Å². The van der Waals surface area contributed by atoms with Crippen LogP contribution >= 0.6 is 11.6 Å². The van der Waals surface area contributed by atoms with Crippen molar-refractivity contribution in [3.05, 3.63) is 95.4 Å². The first-order valence-electron chi connectivity index (χ1n) is 11.9. The molecular formula is C27H29ClN6O. The van der Waals surface area contributed by atoms with Crippen molar-refractivity contribution < 1.29 is 4.79 Å². The largest absolute Gasteiger partial charge is 0.369 e. The number of hydrogen-bond donors (Lipinski definition) is 1. The first-order valence-corrected chi connectivity index (χ1v) is 12.3. The van der Waals surface area contributed by atoms with E-state index in [0.717, 1.165) is 49.3 Å². The predicted molar refractivity (Wildman–Crippen MR) is 140 cm³/mol. The van der Waals surface area contributed by atoms with Gasteiger partial charge in [-0.05, 0) is 48.9 Å². The van der Waals surface area contributed by atoms with E-state index < -0.39 is 0 Å². The highest BCUT2D eigenvalue weighted by molar-refractivity contribution is 6.30. The Morgan fingerprint density at radius 3 is 2.49 bits per heavy atom. The second-order valence-corrected chi connectivity index (χ2v) is 9.17. The van der Waals surface area contributed by atoms with Crippen LogP contribution in [0, 0.1) is 6.92 Å². The first kappa shape index (κ1) is 23.2. The molecule has 0 aliphatic carbocycles. The van der Waals surface area contributed by atoms with Gasteiger partial charge in [-0.3, -0.25) is 9.69 Å². The monoisotopic (exact) mass is 488 g/mol. The average molecular weight is 489 g/mol. The van der Waals surface area contributed by atoms with Crippen LogP contribution in [-0.4, -0.2) is 64.4 Å². The number of aryl methyl sites for hydroxylation is 1. The molecule has 0 saturated carbocycles. The van der Waals surface area contributed by atoms with E-state index in [-0.39, 0.29) is 5.91 Å². The highest BCUT2D eigenvalue weighted by Gasteiger charge is 2.21. The van der Waals surface area contributed by atoms with Gasteiger partial charge in [0.2, 0.25) is 0 Å². The summed E-state index contributed by atoms with van der Waals surface area (Å²) in [5.74, 6) is 0.605. The van der Waals surface area contributed by atoms with Crippen LogP contribution in [0.3, 0.4) is 0 Å². The molecule has 180 valence electrons. The Bertz CT molecular complexity index is 1280. The fraction of sp³-hybridized carbons (Fsp3) is 0.259. The number of carbonyl (C=O) groups excluding carboxylic acids is 1. The molecule has 3 heterocycles. The summed E-state index contributed by atoms with van der Waals surface area (Å²) in [7, 11) is 0. The van der Waals surface area contributed by atoms with Gasteiger partial charge < -0.3 is 14.8 Å². The van der Waals surface area contributed by atoms with E-state index in [2.05, 4.69) is 33.2 Å². The Labute approximate surface area is 210 Å². The SMILES string of the molecule is Cc1ccc(Cl)cc1N1CCN(CCNC(=O)c2cnn(-c3ccccc3)c2-n2cccc2)CC1. The number of piperazine rings is 1. The fourth-order valence-electron chi connectivity index (χ4n) is 4.54. The van der Waals surface area contributed by atoms with E-state index in [4.69, 9.17) is 11.6 Å². The zero-order valence-corrected chi connectivity index (χ0v) is 20.5. The van der Waals surface area contributed by atoms with Gasteiger partial charge in [0.25, 0.3) is 5.91 Å². The highest BCUT2D eigenvalue weighted by atomic mass is 35.5. The van der Waals surface area contributed by atoms with Gasteiger partial charge in [-0.1, -0.05) is 35.9 Å². The maximum absolute atomic E-state index is 13.1. The summed E-state index contributed by atoms with van der Waals surface area (Å²) in [4.78, 5) is 17.9. The second-order valence-electron chi connectivity index (χ2n) is 8.73. The minimum atomic E-state index is -0.121. The average Bonchev–Trinajstić information content (AvgIpc) is 3.56. The van der Waals surface area contributed by atoms with E-state index >= 15 is 0 Å². The number of para-hydroxylation sites is 1. The zero-order chi connectivity index (χ0) is 24.2. The van der Waals surface area contributed by atoms with E-state index in [0.29, 0.717) is 12.1 Å². The van der Waals surface area contributed by atoms with Crippen molar-refractivity contribution in [2.45, 2.75) is 6.92 Å². The molecule has 2 aromatic heterocycles. The smallest absolute Gasteiger partial charge is 0.256 e. The Morgan fingerprint density at radius 2 is 1.74 bits per heavy atom. The maximum atomic E-state index is 13.1. The summed E-state index contributed by atoms with van der Waals surface area (Å²) in [6, 6.07) is 19.8. The molecule has 0 bridgehead atoms. The van der Waals surface area contributed by atoms with E-state index in [9.17, 15) is 4.79 Å². The molecule has 4 aromatic rings. The van der Waals surface area contributed by atoms with Crippen molar-refractivity contribution in [1.29, 1.82) is 0 Å². The quantitative estimate of drug-likeness (QED) is 0.424. The molecule has 0 unspecified atom stereocenters. The number of nitrogens with one attached hydrogen (secondary N) is 1. The Morgan fingerprint density at radius 1 is 1.00 bits per heavy atom. The van der Waals surface area contributed by atoms with Crippen LogP contribution in [0.5, 0.6) is 0 Å². The van der Waals surface area contributed by atoms with Crippen molar-refractivity contribution in [3.8, 4) is 11.5 Å². The molecule has 35 heavy (non-hydrogen) atoms. The number of nitrogens with zero attached hydrogens (tertiary/aromatic N) is 5. The molecule has 1 aliphatic heterocycles. The van der Waals surface area contributed by atoms with Crippen molar-refractivity contribution in [2.24, 2.45) is 0 Å². The van der Waals surface area contributed by atoms with Gasteiger partial charge in [0.1, 0.15) is 5.56 Å². The zero-order valence-electron chi connectivity index (χ0n) is 19.8. The first-order chi connectivity index (χ1) is 17.1. The van der Waals surface area contributed by atoms with E-state index in [1.807, 2.05) is 71.6 Å². The molecule has 0 radical (unpaired) electrons. The van der Waals surface area contributed by atoms with Crippen LogP contribution in [0.25, 0.3) is 11.5 Å². The summed E-state index contributed by atoms with van der Waals surface area (Å²) in [6.07, 6.45) is 5.49. The Kier molecular flexibility index (Phi) is 6.88. The number of carbonyl (C=O) groups is 1. The van der Waals surface area contributed by atoms with Gasteiger partial charge in [-0.15, -0.1) is 0 Å². The van der Waals surface area contributed by atoms with Gasteiger partial charge in [0, 0.05) is 62.4 Å². The molecule has 0 spiro atoms. The van der Waals surface area contributed by atoms with Gasteiger partial charge in [0.15, 0.2) is 5.82 Å². The summed E-state index contributed by atoms with van der Waals surface area (Å²) in [6.45, 7) is 7.28. The fourth-order valence-corrected chi connectivity index (χ4v) is 4.71. The minimum absolute atomic E-state index is 0.121. The van der Waals surface area contributed by atoms with Crippen LogP contribution < -0.4 is 10.2 Å². The Hall–Kier alpha value is -3.55. The molecule has 2 aromatic carbocycles. The second kappa shape index (κ2) is 10.4. The van der Waals surface area contributed by atoms with Crippen LogP contribution in [0.1, 0.15) is 15.9 Å². The minimum Gasteiger partial charge on any atom is -0.369 e. The third kappa shape index (κ3) is 5.11. The normalized spacial score (nSPS) is 14.3. The molecule has 1 fully saturated rings. The lowest BCUT2D eigenvalue weighted by atomic mass is 10.1.